The predicted molar refractivity (Wildman–Crippen MR) is 85.2 cm³/mol. The monoisotopic (exact) mass is 342 g/mol. The third-order valence-electron chi connectivity index (χ3n) is 3.50. The van der Waals surface area contributed by atoms with Crippen molar-refractivity contribution in [2.45, 2.75) is 25.4 Å². The zero-order valence-corrected chi connectivity index (χ0v) is 13.5. The fourth-order valence-corrected chi connectivity index (χ4v) is 2.78. The van der Waals surface area contributed by atoms with Gasteiger partial charge in [0.15, 0.2) is 0 Å². The van der Waals surface area contributed by atoms with Crippen LogP contribution >= 0.6 is 15.9 Å². The van der Waals surface area contributed by atoms with Crippen LogP contribution in [0, 0.1) is 0 Å². The van der Waals surface area contributed by atoms with E-state index in [1.807, 2.05) is 0 Å². The van der Waals surface area contributed by atoms with Crippen molar-refractivity contribution in [2.75, 3.05) is 38.3 Å². The first-order valence-corrected chi connectivity index (χ1v) is 7.91. The molecule has 0 unspecified atom stereocenters. The van der Waals surface area contributed by atoms with Gasteiger partial charge in [-0.25, -0.2) is 0 Å². The van der Waals surface area contributed by atoms with Gasteiger partial charge in [-0.3, -0.25) is 0 Å². The van der Waals surface area contributed by atoms with E-state index in [1.165, 1.54) is 24.1 Å². The van der Waals surface area contributed by atoms with Crippen molar-refractivity contribution in [1.29, 1.82) is 0 Å². The van der Waals surface area contributed by atoms with Crippen molar-refractivity contribution >= 4 is 21.6 Å². The predicted octanol–water partition coefficient (Wildman–Crippen LogP) is 2.15. The Balaban J connectivity index is 1.97. The van der Waals surface area contributed by atoms with Crippen LogP contribution < -0.4 is 10.2 Å². The number of ether oxygens (including phenoxy) is 1. The number of methoxy groups -OCH3 is 1. The molecule has 0 spiro atoms. The van der Waals surface area contributed by atoms with Crippen LogP contribution in [0.2, 0.25) is 0 Å². The highest BCUT2D eigenvalue weighted by Gasteiger charge is 2.28. The third kappa shape index (κ3) is 4.45. The fraction of sp³-hybridized carbons (Fsp3) is 0.600. The SMILES string of the molecule is COCCNCc1ccc(N(CCO)C2CC2)cc1Br. The number of halogens is 1. The van der Waals surface area contributed by atoms with E-state index in [0.29, 0.717) is 12.6 Å². The fourth-order valence-electron chi connectivity index (χ4n) is 2.27. The van der Waals surface area contributed by atoms with Gasteiger partial charge in [0, 0.05) is 42.9 Å². The summed E-state index contributed by atoms with van der Waals surface area (Å²) >= 11 is 3.64. The standard InChI is InChI=1S/C15H23BrN2O2/c1-20-9-6-17-11-12-2-3-14(10-15(12)16)18(7-8-19)13-4-5-13/h2-3,10,13,17,19H,4-9,11H2,1H3. The molecule has 2 rings (SSSR count). The van der Waals surface area contributed by atoms with Crippen LogP contribution in [-0.2, 0) is 11.3 Å². The zero-order chi connectivity index (χ0) is 14.4. The topological polar surface area (TPSA) is 44.7 Å². The maximum Gasteiger partial charge on any atom is 0.0606 e. The highest BCUT2D eigenvalue weighted by Crippen LogP contribution is 2.33. The Morgan fingerprint density at radius 2 is 2.25 bits per heavy atom. The summed E-state index contributed by atoms with van der Waals surface area (Å²) < 4.78 is 6.13. The molecule has 1 fully saturated rings. The molecule has 1 saturated carbocycles. The van der Waals surface area contributed by atoms with Gasteiger partial charge in [0.25, 0.3) is 0 Å². The number of nitrogens with one attached hydrogen (secondary N) is 1. The molecule has 1 aromatic carbocycles. The van der Waals surface area contributed by atoms with E-state index in [-0.39, 0.29) is 6.61 Å². The van der Waals surface area contributed by atoms with Crippen molar-refractivity contribution in [2.24, 2.45) is 0 Å². The quantitative estimate of drug-likeness (QED) is 0.675. The average Bonchev–Trinajstić information content (AvgIpc) is 3.27. The molecule has 0 amide bonds. The molecule has 0 saturated heterocycles. The van der Waals surface area contributed by atoms with E-state index in [0.717, 1.165) is 24.2 Å². The van der Waals surface area contributed by atoms with Gasteiger partial charge in [0.1, 0.15) is 0 Å². The number of rotatable bonds is 9. The Hall–Kier alpha value is -0.620. The van der Waals surface area contributed by atoms with Gasteiger partial charge in [-0.2, -0.15) is 0 Å². The first-order valence-electron chi connectivity index (χ1n) is 7.12. The Morgan fingerprint density at radius 1 is 1.45 bits per heavy atom. The van der Waals surface area contributed by atoms with Crippen molar-refractivity contribution in [1.82, 2.24) is 5.32 Å². The Morgan fingerprint density at radius 3 is 2.85 bits per heavy atom. The summed E-state index contributed by atoms with van der Waals surface area (Å²) in [6, 6.07) is 7.05. The first-order chi connectivity index (χ1) is 9.76. The summed E-state index contributed by atoms with van der Waals surface area (Å²) in [5, 5.41) is 12.5. The molecule has 4 nitrogen and oxygen atoms in total. The number of hydrogen-bond donors (Lipinski definition) is 2. The average molecular weight is 343 g/mol. The second-order valence-corrected chi connectivity index (χ2v) is 5.95. The zero-order valence-electron chi connectivity index (χ0n) is 11.9. The summed E-state index contributed by atoms with van der Waals surface area (Å²) in [7, 11) is 1.71. The molecule has 20 heavy (non-hydrogen) atoms. The molecule has 1 aliphatic carbocycles. The Labute approximate surface area is 129 Å². The van der Waals surface area contributed by atoms with Crippen LogP contribution in [0.25, 0.3) is 0 Å². The largest absolute Gasteiger partial charge is 0.395 e. The lowest BCUT2D eigenvalue weighted by atomic mass is 10.2. The first kappa shape index (κ1) is 15.8. The number of nitrogens with zero attached hydrogens (tertiary/aromatic N) is 1. The van der Waals surface area contributed by atoms with Crippen molar-refractivity contribution in [3.05, 3.63) is 28.2 Å². The van der Waals surface area contributed by atoms with Gasteiger partial charge in [0.2, 0.25) is 0 Å². The van der Waals surface area contributed by atoms with Gasteiger partial charge in [-0.05, 0) is 30.5 Å². The second kappa shape index (κ2) is 7.98. The number of benzene rings is 1. The van der Waals surface area contributed by atoms with Gasteiger partial charge < -0.3 is 20.1 Å². The van der Waals surface area contributed by atoms with Crippen LogP contribution in [0.1, 0.15) is 18.4 Å². The molecule has 5 heteroatoms. The van der Waals surface area contributed by atoms with Crippen LogP contribution in [0.4, 0.5) is 5.69 Å². The Bertz CT molecular complexity index is 424. The molecule has 0 bridgehead atoms. The van der Waals surface area contributed by atoms with Crippen LogP contribution in [0.15, 0.2) is 22.7 Å². The van der Waals surface area contributed by atoms with Gasteiger partial charge in [-0.15, -0.1) is 0 Å². The highest BCUT2D eigenvalue weighted by molar-refractivity contribution is 9.10. The van der Waals surface area contributed by atoms with Gasteiger partial charge >= 0.3 is 0 Å². The van der Waals surface area contributed by atoms with E-state index in [4.69, 9.17) is 4.74 Å². The summed E-state index contributed by atoms with van der Waals surface area (Å²) in [5.41, 5.74) is 2.43. The molecule has 1 aromatic rings. The molecule has 0 radical (unpaired) electrons. The molecule has 0 atom stereocenters. The second-order valence-electron chi connectivity index (χ2n) is 5.09. The van der Waals surface area contributed by atoms with Gasteiger partial charge in [-0.1, -0.05) is 22.0 Å². The minimum atomic E-state index is 0.203. The van der Waals surface area contributed by atoms with Crippen molar-refractivity contribution in [3.8, 4) is 0 Å². The smallest absolute Gasteiger partial charge is 0.0606 e. The van der Waals surface area contributed by atoms with E-state index in [1.54, 1.807) is 7.11 Å². The summed E-state index contributed by atoms with van der Waals surface area (Å²) in [5.74, 6) is 0. The molecule has 0 aliphatic heterocycles. The lowest BCUT2D eigenvalue weighted by Crippen LogP contribution is -2.28. The maximum absolute atomic E-state index is 9.19. The number of aliphatic hydroxyl groups excluding tert-OH is 1. The van der Waals surface area contributed by atoms with E-state index in [2.05, 4.69) is 44.3 Å². The molecular formula is C15H23BrN2O2. The third-order valence-corrected chi connectivity index (χ3v) is 4.23. The number of anilines is 1. The maximum atomic E-state index is 9.19. The molecule has 1 aliphatic rings. The molecule has 0 aromatic heterocycles. The minimum absolute atomic E-state index is 0.203. The lowest BCUT2D eigenvalue weighted by Gasteiger charge is -2.24. The lowest BCUT2D eigenvalue weighted by molar-refractivity contribution is 0.199. The van der Waals surface area contributed by atoms with Gasteiger partial charge in [0.05, 0.1) is 13.2 Å². The van der Waals surface area contributed by atoms with Crippen LogP contribution in [0.3, 0.4) is 0 Å². The molecular weight excluding hydrogens is 320 g/mol. The summed E-state index contributed by atoms with van der Waals surface area (Å²) in [4.78, 5) is 2.30. The Kier molecular flexibility index (Phi) is 6.29. The van der Waals surface area contributed by atoms with Crippen molar-refractivity contribution < 1.29 is 9.84 Å². The summed E-state index contributed by atoms with van der Waals surface area (Å²) in [6.07, 6.45) is 2.47. The normalized spacial score (nSPS) is 14.6. The summed E-state index contributed by atoms with van der Waals surface area (Å²) in [6.45, 7) is 3.32. The van der Waals surface area contributed by atoms with Crippen LogP contribution in [-0.4, -0.2) is 44.6 Å². The van der Waals surface area contributed by atoms with E-state index in [9.17, 15) is 5.11 Å². The molecule has 0 heterocycles. The van der Waals surface area contributed by atoms with E-state index < -0.39 is 0 Å². The van der Waals surface area contributed by atoms with Crippen LogP contribution in [0.5, 0.6) is 0 Å². The van der Waals surface area contributed by atoms with E-state index >= 15 is 0 Å². The minimum Gasteiger partial charge on any atom is -0.395 e. The number of aliphatic hydroxyl groups is 1. The molecule has 2 N–H and O–H groups in total. The molecule has 112 valence electrons. The number of hydrogen-bond acceptors (Lipinski definition) is 4. The highest BCUT2D eigenvalue weighted by atomic mass is 79.9. The van der Waals surface area contributed by atoms with Crippen molar-refractivity contribution in [3.63, 3.8) is 0 Å².